The van der Waals surface area contributed by atoms with Gasteiger partial charge in [0.15, 0.2) is 12.4 Å². The molecule has 1 fully saturated rings. The summed E-state index contributed by atoms with van der Waals surface area (Å²) < 4.78 is 21.5. The highest BCUT2D eigenvalue weighted by Gasteiger charge is 2.45. The van der Waals surface area contributed by atoms with Crippen molar-refractivity contribution in [3.63, 3.8) is 0 Å². The smallest absolute Gasteiger partial charge is 0.173 e. The lowest BCUT2D eigenvalue weighted by Crippen LogP contribution is -2.30. The number of nitrogens with zero attached hydrogens (tertiary/aromatic N) is 3. The minimum Gasteiger partial charge on any atom is -0.394 e. The summed E-state index contributed by atoms with van der Waals surface area (Å²) in [6.45, 7) is 0.406. The molecular formula is C14H17FN4O3. The van der Waals surface area contributed by atoms with Gasteiger partial charge in [-0.25, -0.2) is 14.4 Å². The number of anilines is 1. The third-order valence-corrected chi connectivity index (χ3v) is 4.35. The van der Waals surface area contributed by atoms with Crippen LogP contribution in [0.3, 0.4) is 0 Å². The first kappa shape index (κ1) is 13.9. The minimum atomic E-state index is -1.62. The van der Waals surface area contributed by atoms with Crippen LogP contribution in [0, 0.1) is 0 Å². The number of aliphatic hydroxyl groups excluding tert-OH is 2. The fourth-order valence-electron chi connectivity index (χ4n) is 3.24. The van der Waals surface area contributed by atoms with Crippen LogP contribution in [0.15, 0.2) is 12.5 Å². The van der Waals surface area contributed by atoms with Gasteiger partial charge in [0.1, 0.15) is 30.0 Å². The van der Waals surface area contributed by atoms with Gasteiger partial charge in [-0.3, -0.25) is 0 Å². The number of alkyl halides is 1. The van der Waals surface area contributed by atoms with Crippen LogP contribution in [-0.4, -0.2) is 56.3 Å². The van der Waals surface area contributed by atoms with E-state index < -0.39 is 31.2 Å². The van der Waals surface area contributed by atoms with E-state index in [1.807, 2.05) is 6.20 Å². The molecule has 0 radical (unpaired) electrons. The molecule has 4 rings (SSSR count). The molecule has 22 heavy (non-hydrogen) atoms. The van der Waals surface area contributed by atoms with Gasteiger partial charge in [-0.1, -0.05) is 0 Å². The zero-order valence-electron chi connectivity index (χ0n) is 11.8. The molecule has 0 bridgehead atoms. The lowest BCUT2D eigenvalue weighted by atomic mass is 10.1. The van der Waals surface area contributed by atoms with Crippen molar-refractivity contribution in [1.82, 2.24) is 14.5 Å². The van der Waals surface area contributed by atoms with E-state index in [-0.39, 0.29) is 0 Å². The number of hydrogen-bond donors (Lipinski definition) is 3. The van der Waals surface area contributed by atoms with E-state index in [0.29, 0.717) is 5.65 Å². The minimum absolute atomic E-state index is 0.425. The summed E-state index contributed by atoms with van der Waals surface area (Å²) in [6, 6.07) is 0. The largest absolute Gasteiger partial charge is 0.394 e. The van der Waals surface area contributed by atoms with Crippen LogP contribution in [0.2, 0.25) is 0 Å². The second-order valence-corrected chi connectivity index (χ2v) is 5.70. The van der Waals surface area contributed by atoms with E-state index in [1.54, 1.807) is 4.57 Å². The Balaban J connectivity index is 1.83. The van der Waals surface area contributed by atoms with Crippen LogP contribution < -0.4 is 5.32 Å². The second-order valence-electron chi connectivity index (χ2n) is 5.70. The lowest BCUT2D eigenvalue weighted by molar-refractivity contribution is -0.0457. The Morgan fingerprint density at radius 3 is 3.09 bits per heavy atom. The van der Waals surface area contributed by atoms with E-state index in [9.17, 15) is 14.6 Å². The molecule has 0 saturated carbocycles. The van der Waals surface area contributed by atoms with Crippen molar-refractivity contribution in [2.75, 3.05) is 18.5 Å². The molecule has 8 heteroatoms. The highest BCUT2D eigenvalue weighted by Crippen LogP contribution is 2.37. The highest BCUT2D eigenvalue weighted by molar-refractivity contribution is 5.91. The topological polar surface area (TPSA) is 92.4 Å². The predicted octanol–water partition coefficient (Wildman–Crippen LogP) is 0.378. The van der Waals surface area contributed by atoms with Gasteiger partial charge in [0.25, 0.3) is 0 Å². The number of hydrogen-bond acceptors (Lipinski definition) is 6. The van der Waals surface area contributed by atoms with Crippen LogP contribution in [0.5, 0.6) is 0 Å². The van der Waals surface area contributed by atoms with Gasteiger partial charge in [0.2, 0.25) is 0 Å². The van der Waals surface area contributed by atoms with Gasteiger partial charge in [0, 0.05) is 12.7 Å². The molecule has 4 heterocycles. The maximum absolute atomic E-state index is 14.4. The number of aromatic nitrogens is 3. The molecule has 7 nitrogen and oxygen atoms in total. The van der Waals surface area contributed by atoms with Crippen molar-refractivity contribution in [1.29, 1.82) is 0 Å². The lowest BCUT2D eigenvalue weighted by Gasteiger charge is -2.16. The first-order valence-corrected chi connectivity index (χ1v) is 7.37. The first-order chi connectivity index (χ1) is 10.7. The van der Waals surface area contributed by atoms with Gasteiger partial charge in [-0.15, -0.1) is 0 Å². The number of ether oxygens (including phenoxy) is 1. The number of halogens is 1. The number of aryl methyl sites for hydroxylation is 1. The Hall–Kier alpha value is -1.77. The van der Waals surface area contributed by atoms with E-state index in [2.05, 4.69) is 15.3 Å². The van der Waals surface area contributed by atoms with Crippen LogP contribution in [0.25, 0.3) is 11.0 Å². The maximum atomic E-state index is 14.4. The van der Waals surface area contributed by atoms with E-state index in [1.165, 1.54) is 6.33 Å². The van der Waals surface area contributed by atoms with Crippen molar-refractivity contribution >= 4 is 16.9 Å². The average molecular weight is 308 g/mol. The quantitative estimate of drug-likeness (QED) is 0.743. The molecule has 2 aliphatic rings. The molecule has 0 spiro atoms. The average Bonchev–Trinajstić information content (AvgIpc) is 2.94. The van der Waals surface area contributed by atoms with Gasteiger partial charge in [0.05, 0.1) is 12.0 Å². The summed E-state index contributed by atoms with van der Waals surface area (Å²) in [5, 5.41) is 23.1. The molecule has 1 saturated heterocycles. The van der Waals surface area contributed by atoms with Crippen molar-refractivity contribution in [3.8, 4) is 0 Å². The van der Waals surface area contributed by atoms with Crippen molar-refractivity contribution in [3.05, 3.63) is 18.1 Å². The van der Waals surface area contributed by atoms with Gasteiger partial charge >= 0.3 is 0 Å². The van der Waals surface area contributed by atoms with Crippen LogP contribution in [-0.2, 0) is 11.2 Å². The second kappa shape index (κ2) is 5.15. The summed E-state index contributed by atoms with van der Waals surface area (Å²) >= 11 is 0. The van der Waals surface area contributed by atoms with Crippen LogP contribution in [0.1, 0.15) is 18.2 Å². The van der Waals surface area contributed by atoms with Gasteiger partial charge in [-0.2, -0.15) is 0 Å². The first-order valence-electron chi connectivity index (χ1n) is 7.37. The zero-order valence-corrected chi connectivity index (χ0v) is 11.8. The molecule has 2 aromatic rings. The Kier molecular flexibility index (Phi) is 3.24. The molecule has 0 aliphatic carbocycles. The van der Waals surface area contributed by atoms with Crippen molar-refractivity contribution in [2.45, 2.75) is 37.4 Å². The number of aliphatic hydroxyl groups is 2. The number of rotatable bonds is 2. The Morgan fingerprint density at radius 1 is 1.45 bits per heavy atom. The predicted molar refractivity (Wildman–Crippen MR) is 76.2 cm³/mol. The zero-order chi connectivity index (χ0) is 15.3. The molecule has 4 atom stereocenters. The van der Waals surface area contributed by atoms with E-state index in [0.717, 1.165) is 36.2 Å². The van der Waals surface area contributed by atoms with E-state index in [4.69, 9.17) is 4.74 Å². The van der Waals surface area contributed by atoms with Crippen LogP contribution >= 0.6 is 0 Å². The molecule has 2 aromatic heterocycles. The van der Waals surface area contributed by atoms with Gasteiger partial charge < -0.3 is 24.8 Å². The summed E-state index contributed by atoms with van der Waals surface area (Å²) in [5.41, 5.74) is 1.61. The molecule has 2 aliphatic heterocycles. The van der Waals surface area contributed by atoms with Crippen molar-refractivity contribution in [2.24, 2.45) is 0 Å². The Morgan fingerprint density at radius 2 is 2.32 bits per heavy atom. The molecule has 3 N–H and O–H groups in total. The summed E-state index contributed by atoms with van der Waals surface area (Å²) in [7, 11) is 0. The molecule has 0 amide bonds. The Labute approximate surface area is 125 Å². The standard InChI is InChI=1S/C14H17FN4O3/c15-10-11(21)8(5-20)22-14(10)19-4-7-2-1-3-16-12-9(7)13(19)18-6-17-12/h4,6,8,10-11,14,20-21H,1-3,5H2,(H,16,17,18). The fourth-order valence-corrected chi connectivity index (χ4v) is 3.24. The molecule has 0 aromatic carbocycles. The molecule has 118 valence electrons. The maximum Gasteiger partial charge on any atom is 0.173 e. The highest BCUT2D eigenvalue weighted by atomic mass is 19.1. The third-order valence-electron chi connectivity index (χ3n) is 4.35. The van der Waals surface area contributed by atoms with Crippen molar-refractivity contribution < 1.29 is 19.3 Å². The summed E-state index contributed by atoms with van der Waals surface area (Å²) in [6.07, 6.45) is 0.156. The number of nitrogens with one attached hydrogen (secondary N) is 1. The SMILES string of the molecule is OCC1OC(n2cc3c4c(ncnc42)NCCC3)C(F)C1O. The fraction of sp³-hybridized carbons (Fsp3) is 0.571. The van der Waals surface area contributed by atoms with Crippen LogP contribution in [0.4, 0.5) is 10.2 Å². The monoisotopic (exact) mass is 308 g/mol. The summed E-state index contributed by atoms with van der Waals surface area (Å²) in [4.78, 5) is 8.51. The molecule has 4 unspecified atom stereocenters. The normalized spacial score (nSPS) is 31.2. The van der Waals surface area contributed by atoms with E-state index >= 15 is 0 Å². The third kappa shape index (κ3) is 1.91. The molecular weight excluding hydrogens is 291 g/mol. The van der Waals surface area contributed by atoms with Gasteiger partial charge in [-0.05, 0) is 18.4 Å². The summed E-state index contributed by atoms with van der Waals surface area (Å²) in [5.74, 6) is 0.740. The Bertz CT molecular complexity index is 707.